The predicted octanol–water partition coefficient (Wildman–Crippen LogP) is -0.788. The third-order valence-corrected chi connectivity index (χ3v) is 4.99. The van der Waals surface area contributed by atoms with E-state index in [0.29, 0.717) is 0 Å². The van der Waals surface area contributed by atoms with E-state index in [1.807, 2.05) is 0 Å². The van der Waals surface area contributed by atoms with Gasteiger partial charge < -0.3 is 5.32 Å². The Morgan fingerprint density at radius 2 is 1.96 bits per heavy atom. The summed E-state index contributed by atoms with van der Waals surface area (Å²) in [7, 11) is -0.377. The number of tetrazole rings is 1. The summed E-state index contributed by atoms with van der Waals surface area (Å²) in [6, 6.07) is 7.20. The van der Waals surface area contributed by atoms with Crippen LogP contribution in [0.1, 0.15) is 5.56 Å². The SMILES string of the molecule is CN(C)S(=O)(=O)CCNC(=O)Cc1ccc(-n2cnnn2)cc1. The summed E-state index contributed by atoms with van der Waals surface area (Å²) in [6.45, 7) is 0.0854. The average molecular weight is 338 g/mol. The molecule has 9 nitrogen and oxygen atoms in total. The molecule has 0 fully saturated rings. The van der Waals surface area contributed by atoms with Gasteiger partial charge in [-0.15, -0.1) is 5.10 Å². The van der Waals surface area contributed by atoms with Crippen molar-refractivity contribution in [2.45, 2.75) is 6.42 Å². The smallest absolute Gasteiger partial charge is 0.224 e. The lowest BCUT2D eigenvalue weighted by Crippen LogP contribution is -2.34. The normalized spacial score (nSPS) is 11.6. The fourth-order valence-corrected chi connectivity index (χ4v) is 2.52. The first kappa shape index (κ1) is 17.0. The minimum atomic E-state index is -3.30. The summed E-state index contributed by atoms with van der Waals surface area (Å²) in [5.74, 6) is -0.349. The van der Waals surface area contributed by atoms with Crippen molar-refractivity contribution in [2.75, 3.05) is 26.4 Å². The number of nitrogens with zero attached hydrogens (tertiary/aromatic N) is 5. The lowest BCUT2D eigenvalue weighted by molar-refractivity contribution is -0.120. The van der Waals surface area contributed by atoms with Gasteiger partial charge in [-0.2, -0.15) is 0 Å². The number of rotatable bonds is 7. The van der Waals surface area contributed by atoms with Crippen molar-refractivity contribution in [1.82, 2.24) is 29.8 Å². The summed E-state index contributed by atoms with van der Waals surface area (Å²) < 4.78 is 25.8. The van der Waals surface area contributed by atoms with E-state index in [0.717, 1.165) is 15.6 Å². The highest BCUT2D eigenvalue weighted by molar-refractivity contribution is 7.89. The van der Waals surface area contributed by atoms with Crippen LogP contribution in [0.25, 0.3) is 5.69 Å². The molecule has 0 bridgehead atoms. The number of benzene rings is 1. The molecule has 0 saturated heterocycles. The van der Waals surface area contributed by atoms with Crippen LogP contribution in [0.4, 0.5) is 0 Å². The van der Waals surface area contributed by atoms with E-state index in [4.69, 9.17) is 0 Å². The van der Waals surface area contributed by atoms with Crippen LogP contribution in [0.3, 0.4) is 0 Å². The van der Waals surface area contributed by atoms with Crippen LogP contribution in [0.5, 0.6) is 0 Å². The lowest BCUT2D eigenvalue weighted by atomic mass is 10.1. The fourth-order valence-electron chi connectivity index (χ4n) is 1.80. The molecule has 10 heteroatoms. The third-order valence-electron chi connectivity index (χ3n) is 3.15. The van der Waals surface area contributed by atoms with Crippen LogP contribution < -0.4 is 5.32 Å². The van der Waals surface area contributed by atoms with E-state index in [9.17, 15) is 13.2 Å². The van der Waals surface area contributed by atoms with Crippen LogP contribution in [-0.4, -0.2) is 65.2 Å². The first-order valence-electron chi connectivity index (χ1n) is 6.88. The van der Waals surface area contributed by atoms with Crippen molar-refractivity contribution >= 4 is 15.9 Å². The molecule has 0 aliphatic carbocycles. The first-order valence-corrected chi connectivity index (χ1v) is 8.48. The topological polar surface area (TPSA) is 110 Å². The molecule has 1 aromatic carbocycles. The van der Waals surface area contributed by atoms with Gasteiger partial charge in [-0.05, 0) is 28.1 Å². The number of nitrogens with one attached hydrogen (secondary N) is 1. The number of sulfonamides is 1. The molecule has 0 aliphatic rings. The number of carbonyl (C=O) groups is 1. The van der Waals surface area contributed by atoms with E-state index in [2.05, 4.69) is 20.8 Å². The van der Waals surface area contributed by atoms with Gasteiger partial charge in [-0.3, -0.25) is 4.79 Å². The van der Waals surface area contributed by atoms with E-state index < -0.39 is 10.0 Å². The van der Waals surface area contributed by atoms with Crippen molar-refractivity contribution < 1.29 is 13.2 Å². The third kappa shape index (κ3) is 4.83. The van der Waals surface area contributed by atoms with Crippen LogP contribution in [0.2, 0.25) is 0 Å². The van der Waals surface area contributed by atoms with Gasteiger partial charge in [0.1, 0.15) is 6.33 Å². The minimum absolute atomic E-state index is 0.0854. The van der Waals surface area contributed by atoms with Gasteiger partial charge in [0.25, 0.3) is 0 Å². The second-order valence-corrected chi connectivity index (χ2v) is 7.35. The maximum Gasteiger partial charge on any atom is 0.224 e. The van der Waals surface area contributed by atoms with Crippen molar-refractivity contribution in [2.24, 2.45) is 0 Å². The molecule has 124 valence electrons. The Balaban J connectivity index is 1.84. The van der Waals surface area contributed by atoms with E-state index in [1.165, 1.54) is 25.1 Å². The van der Waals surface area contributed by atoms with Crippen molar-refractivity contribution in [3.8, 4) is 5.69 Å². The second kappa shape index (κ2) is 7.29. The van der Waals surface area contributed by atoms with Crippen LogP contribution in [0.15, 0.2) is 30.6 Å². The molecule has 2 rings (SSSR count). The monoisotopic (exact) mass is 338 g/mol. The quantitative estimate of drug-likeness (QED) is 0.708. The highest BCUT2D eigenvalue weighted by Crippen LogP contribution is 2.08. The predicted molar refractivity (Wildman–Crippen MR) is 83.3 cm³/mol. The standard InChI is InChI=1S/C13H18N6O3S/c1-18(2)23(21,22)8-7-14-13(20)9-11-3-5-12(6-4-11)19-10-15-16-17-19/h3-6,10H,7-9H2,1-2H3,(H,14,20). The molecular weight excluding hydrogens is 320 g/mol. The van der Waals surface area contributed by atoms with Crippen LogP contribution in [0, 0.1) is 0 Å². The molecule has 2 aromatic rings. The van der Waals surface area contributed by atoms with Crippen LogP contribution >= 0.6 is 0 Å². The summed E-state index contributed by atoms with van der Waals surface area (Å²) in [5, 5.41) is 13.5. The Hall–Kier alpha value is -2.33. The zero-order valence-corrected chi connectivity index (χ0v) is 13.7. The van der Waals surface area contributed by atoms with Gasteiger partial charge in [-0.1, -0.05) is 12.1 Å². The van der Waals surface area contributed by atoms with Gasteiger partial charge in [-0.25, -0.2) is 17.4 Å². The van der Waals surface area contributed by atoms with Gasteiger partial charge >= 0.3 is 0 Å². The molecule has 1 aromatic heterocycles. The molecule has 0 radical (unpaired) electrons. The maximum atomic E-state index is 11.8. The summed E-state index contributed by atoms with van der Waals surface area (Å²) in [5.41, 5.74) is 1.60. The molecule has 0 unspecified atom stereocenters. The number of amides is 1. The van der Waals surface area contributed by atoms with Gasteiger partial charge in [0.2, 0.25) is 15.9 Å². The van der Waals surface area contributed by atoms with E-state index in [1.54, 1.807) is 24.3 Å². The molecule has 0 saturated carbocycles. The van der Waals surface area contributed by atoms with Crippen molar-refractivity contribution in [1.29, 1.82) is 0 Å². The Morgan fingerprint density at radius 3 is 2.52 bits per heavy atom. The van der Waals surface area contributed by atoms with Crippen LogP contribution in [-0.2, 0) is 21.2 Å². The summed E-state index contributed by atoms with van der Waals surface area (Å²) >= 11 is 0. The summed E-state index contributed by atoms with van der Waals surface area (Å²) in [4.78, 5) is 11.8. The molecular formula is C13H18N6O3S. The van der Waals surface area contributed by atoms with Gasteiger partial charge in [0.05, 0.1) is 17.9 Å². The highest BCUT2D eigenvalue weighted by atomic mass is 32.2. The Labute approximate surface area is 134 Å². The van der Waals surface area contributed by atoms with E-state index in [-0.39, 0.29) is 24.6 Å². The highest BCUT2D eigenvalue weighted by Gasteiger charge is 2.13. The van der Waals surface area contributed by atoms with Gasteiger partial charge in [0, 0.05) is 20.6 Å². The maximum absolute atomic E-state index is 11.8. The zero-order valence-electron chi connectivity index (χ0n) is 12.9. The zero-order chi connectivity index (χ0) is 16.9. The van der Waals surface area contributed by atoms with Crippen molar-refractivity contribution in [3.05, 3.63) is 36.2 Å². The second-order valence-electron chi connectivity index (χ2n) is 5.05. The lowest BCUT2D eigenvalue weighted by Gasteiger charge is -2.11. The summed E-state index contributed by atoms with van der Waals surface area (Å²) in [6.07, 6.45) is 1.66. The fraction of sp³-hybridized carbons (Fsp3) is 0.385. The molecule has 1 heterocycles. The number of hydrogen-bond acceptors (Lipinski definition) is 6. The molecule has 0 spiro atoms. The van der Waals surface area contributed by atoms with Crippen molar-refractivity contribution in [3.63, 3.8) is 0 Å². The number of carbonyl (C=O) groups excluding carboxylic acids is 1. The molecule has 0 aliphatic heterocycles. The Bertz CT molecular complexity index is 741. The number of aromatic nitrogens is 4. The average Bonchev–Trinajstić information content (AvgIpc) is 3.02. The Kier molecular flexibility index (Phi) is 5.40. The largest absolute Gasteiger partial charge is 0.355 e. The Morgan fingerprint density at radius 1 is 1.26 bits per heavy atom. The molecule has 1 amide bonds. The first-order chi connectivity index (χ1) is 10.9. The number of hydrogen-bond donors (Lipinski definition) is 1. The minimum Gasteiger partial charge on any atom is -0.355 e. The molecule has 0 atom stereocenters. The molecule has 23 heavy (non-hydrogen) atoms. The van der Waals surface area contributed by atoms with Gasteiger partial charge in [0.15, 0.2) is 0 Å². The molecule has 1 N–H and O–H groups in total. The van der Waals surface area contributed by atoms with E-state index >= 15 is 0 Å².